The number of aromatic nitrogens is 2. The first-order chi connectivity index (χ1) is 11.6. The van der Waals surface area contributed by atoms with Crippen LogP contribution in [0.4, 0.5) is 0 Å². The van der Waals surface area contributed by atoms with Crippen LogP contribution in [0.2, 0.25) is 0 Å². The van der Waals surface area contributed by atoms with Crippen LogP contribution >= 0.6 is 0 Å². The summed E-state index contributed by atoms with van der Waals surface area (Å²) in [6.45, 7) is 5.82. The van der Waals surface area contributed by atoms with E-state index < -0.39 is 6.10 Å². The van der Waals surface area contributed by atoms with Crippen molar-refractivity contribution in [2.45, 2.75) is 19.6 Å². The number of aliphatic hydroxyl groups excluding tert-OH is 1. The summed E-state index contributed by atoms with van der Waals surface area (Å²) in [4.78, 5) is 16.4. The second kappa shape index (κ2) is 7.59. The average molecular weight is 328 g/mol. The fraction of sp³-hybridized carbons (Fsp3) is 0.444. The molecule has 1 fully saturated rings. The molecule has 1 aliphatic heterocycles. The zero-order valence-corrected chi connectivity index (χ0v) is 14.0. The van der Waals surface area contributed by atoms with Gasteiger partial charge in [-0.1, -0.05) is 30.3 Å². The Morgan fingerprint density at radius 2 is 1.92 bits per heavy atom. The van der Waals surface area contributed by atoms with Crippen LogP contribution in [0.3, 0.4) is 0 Å². The van der Waals surface area contributed by atoms with E-state index in [1.807, 2.05) is 48.4 Å². The molecule has 1 N–H and O–H groups in total. The second-order valence-corrected chi connectivity index (χ2v) is 6.32. The minimum absolute atomic E-state index is 0.0985. The van der Waals surface area contributed by atoms with Gasteiger partial charge in [-0.2, -0.15) is 5.10 Å². The Bertz CT molecular complexity index is 663. The maximum Gasteiger partial charge on any atom is 0.244 e. The molecule has 6 nitrogen and oxygen atoms in total. The van der Waals surface area contributed by atoms with E-state index in [4.69, 9.17) is 0 Å². The summed E-state index contributed by atoms with van der Waals surface area (Å²) in [5, 5.41) is 14.5. The standard InChI is InChI=1S/C18H24N4O2/c1-15-11-19-22(12-15)14-18(24)21-9-7-20(8-10-21)13-17(23)16-5-3-2-4-6-16/h2-6,11-12,17,23H,7-10,13-14H2,1H3. The van der Waals surface area contributed by atoms with Gasteiger partial charge < -0.3 is 10.0 Å². The summed E-state index contributed by atoms with van der Waals surface area (Å²) in [6, 6.07) is 9.70. The first-order valence-corrected chi connectivity index (χ1v) is 8.34. The highest BCUT2D eigenvalue weighted by Gasteiger charge is 2.23. The molecule has 1 atom stereocenters. The number of piperazine rings is 1. The maximum absolute atomic E-state index is 12.3. The molecule has 0 aliphatic carbocycles. The van der Waals surface area contributed by atoms with Crippen LogP contribution in [0.15, 0.2) is 42.7 Å². The number of β-amino-alcohol motifs (C(OH)–C–C–N with tert-alkyl or cyclic N) is 1. The maximum atomic E-state index is 12.3. The van der Waals surface area contributed by atoms with Gasteiger partial charge >= 0.3 is 0 Å². The molecule has 6 heteroatoms. The van der Waals surface area contributed by atoms with Gasteiger partial charge in [0, 0.05) is 38.9 Å². The van der Waals surface area contributed by atoms with Crippen molar-refractivity contribution in [3.05, 3.63) is 53.9 Å². The van der Waals surface area contributed by atoms with Crippen LogP contribution in [0.25, 0.3) is 0 Å². The molecule has 1 aromatic carbocycles. The minimum Gasteiger partial charge on any atom is -0.387 e. The quantitative estimate of drug-likeness (QED) is 0.892. The first-order valence-electron chi connectivity index (χ1n) is 8.34. The Labute approximate surface area is 142 Å². The van der Waals surface area contributed by atoms with Crippen LogP contribution in [0.1, 0.15) is 17.2 Å². The van der Waals surface area contributed by atoms with Gasteiger partial charge in [-0.25, -0.2) is 0 Å². The molecule has 1 amide bonds. The molecule has 2 heterocycles. The summed E-state index contributed by atoms with van der Waals surface area (Å²) >= 11 is 0. The summed E-state index contributed by atoms with van der Waals surface area (Å²) in [5.74, 6) is 0.0985. The molecule has 0 radical (unpaired) electrons. The molecule has 1 saturated heterocycles. The van der Waals surface area contributed by atoms with Crippen molar-refractivity contribution in [3.8, 4) is 0 Å². The van der Waals surface area contributed by atoms with E-state index in [-0.39, 0.29) is 5.91 Å². The minimum atomic E-state index is -0.486. The predicted octanol–water partition coefficient (Wildman–Crippen LogP) is 1.07. The number of aryl methyl sites for hydroxylation is 1. The Morgan fingerprint density at radius 3 is 2.54 bits per heavy atom. The number of nitrogens with zero attached hydrogens (tertiary/aromatic N) is 4. The van der Waals surface area contributed by atoms with Crippen molar-refractivity contribution in [1.82, 2.24) is 19.6 Å². The van der Waals surface area contributed by atoms with Crippen molar-refractivity contribution in [2.75, 3.05) is 32.7 Å². The van der Waals surface area contributed by atoms with Gasteiger partial charge in [-0.3, -0.25) is 14.4 Å². The molecular weight excluding hydrogens is 304 g/mol. The number of benzene rings is 1. The molecule has 24 heavy (non-hydrogen) atoms. The monoisotopic (exact) mass is 328 g/mol. The molecule has 1 aliphatic rings. The van der Waals surface area contributed by atoms with E-state index in [1.54, 1.807) is 10.9 Å². The fourth-order valence-electron chi connectivity index (χ4n) is 3.00. The van der Waals surface area contributed by atoms with Gasteiger partial charge in [-0.15, -0.1) is 0 Å². The summed E-state index contributed by atoms with van der Waals surface area (Å²) in [6.07, 6.45) is 3.15. The van der Waals surface area contributed by atoms with Crippen molar-refractivity contribution in [2.24, 2.45) is 0 Å². The van der Waals surface area contributed by atoms with Crippen LogP contribution in [0, 0.1) is 6.92 Å². The third-order valence-electron chi connectivity index (χ3n) is 4.40. The van der Waals surface area contributed by atoms with Crippen molar-refractivity contribution in [3.63, 3.8) is 0 Å². The van der Waals surface area contributed by atoms with E-state index in [0.717, 1.165) is 24.2 Å². The van der Waals surface area contributed by atoms with Crippen LogP contribution in [0.5, 0.6) is 0 Å². The molecule has 2 aromatic rings. The average Bonchev–Trinajstić information content (AvgIpc) is 3.01. The lowest BCUT2D eigenvalue weighted by Crippen LogP contribution is -2.50. The number of hydrogen-bond acceptors (Lipinski definition) is 4. The number of carbonyl (C=O) groups excluding carboxylic acids is 1. The Morgan fingerprint density at radius 1 is 1.21 bits per heavy atom. The van der Waals surface area contributed by atoms with E-state index >= 15 is 0 Å². The van der Waals surface area contributed by atoms with Gasteiger partial charge in [0.05, 0.1) is 12.3 Å². The van der Waals surface area contributed by atoms with Gasteiger partial charge in [0.1, 0.15) is 6.54 Å². The molecular formula is C18H24N4O2. The van der Waals surface area contributed by atoms with Crippen molar-refractivity contribution >= 4 is 5.91 Å². The highest BCUT2D eigenvalue weighted by Crippen LogP contribution is 2.15. The molecule has 0 spiro atoms. The molecule has 0 bridgehead atoms. The van der Waals surface area contributed by atoms with Crippen molar-refractivity contribution in [1.29, 1.82) is 0 Å². The molecule has 0 saturated carbocycles. The number of aliphatic hydroxyl groups is 1. The highest BCUT2D eigenvalue weighted by molar-refractivity contribution is 5.76. The topological polar surface area (TPSA) is 61.6 Å². The lowest BCUT2D eigenvalue weighted by atomic mass is 10.1. The largest absolute Gasteiger partial charge is 0.387 e. The van der Waals surface area contributed by atoms with Gasteiger partial charge in [0.25, 0.3) is 0 Å². The zero-order valence-electron chi connectivity index (χ0n) is 14.0. The van der Waals surface area contributed by atoms with Crippen molar-refractivity contribution < 1.29 is 9.90 Å². The van der Waals surface area contributed by atoms with Crippen LogP contribution in [-0.4, -0.2) is 63.3 Å². The molecule has 1 unspecified atom stereocenters. The predicted molar refractivity (Wildman–Crippen MR) is 91.4 cm³/mol. The number of amides is 1. The van der Waals surface area contributed by atoms with E-state index in [9.17, 15) is 9.90 Å². The Hall–Kier alpha value is -2.18. The smallest absolute Gasteiger partial charge is 0.244 e. The number of rotatable bonds is 5. The molecule has 1 aromatic heterocycles. The number of hydrogen-bond donors (Lipinski definition) is 1. The van der Waals surface area contributed by atoms with Gasteiger partial charge in [0.15, 0.2) is 0 Å². The third kappa shape index (κ3) is 4.21. The summed E-state index contributed by atoms with van der Waals surface area (Å²) in [7, 11) is 0. The summed E-state index contributed by atoms with van der Waals surface area (Å²) < 4.78 is 1.68. The Balaban J connectivity index is 1.46. The first kappa shape index (κ1) is 16.7. The molecule has 128 valence electrons. The normalized spacial score (nSPS) is 17.0. The van der Waals surface area contributed by atoms with Crippen LogP contribution < -0.4 is 0 Å². The fourth-order valence-corrected chi connectivity index (χ4v) is 3.00. The van der Waals surface area contributed by atoms with E-state index in [2.05, 4.69) is 10.00 Å². The SMILES string of the molecule is Cc1cnn(CC(=O)N2CCN(CC(O)c3ccccc3)CC2)c1. The van der Waals surface area contributed by atoms with E-state index in [1.165, 1.54) is 0 Å². The van der Waals surface area contributed by atoms with Gasteiger partial charge in [0.2, 0.25) is 5.91 Å². The lowest BCUT2D eigenvalue weighted by molar-refractivity contribution is -0.133. The highest BCUT2D eigenvalue weighted by atomic mass is 16.3. The second-order valence-electron chi connectivity index (χ2n) is 6.32. The Kier molecular flexibility index (Phi) is 5.27. The summed E-state index contributed by atoms with van der Waals surface area (Å²) in [5.41, 5.74) is 1.99. The van der Waals surface area contributed by atoms with Crippen LogP contribution in [-0.2, 0) is 11.3 Å². The van der Waals surface area contributed by atoms with E-state index in [0.29, 0.717) is 26.2 Å². The lowest BCUT2D eigenvalue weighted by Gasteiger charge is -2.35. The molecule has 3 rings (SSSR count). The third-order valence-corrected chi connectivity index (χ3v) is 4.40. The zero-order chi connectivity index (χ0) is 16.9. The van der Waals surface area contributed by atoms with Gasteiger partial charge in [-0.05, 0) is 18.1 Å². The number of carbonyl (C=O) groups is 1.